The van der Waals surface area contributed by atoms with Gasteiger partial charge in [-0.05, 0) is 6.42 Å². The van der Waals surface area contributed by atoms with Crippen LogP contribution in [0, 0.1) is 0 Å². The van der Waals surface area contributed by atoms with E-state index in [1.807, 2.05) is 0 Å². The first-order valence-corrected chi connectivity index (χ1v) is 6.68. The highest BCUT2D eigenvalue weighted by molar-refractivity contribution is 4.92. The number of hydrogen-bond donors (Lipinski definition) is 1. The van der Waals surface area contributed by atoms with Gasteiger partial charge < -0.3 is 33.5 Å². The Kier molecular flexibility index (Phi) is 8.55. The van der Waals surface area contributed by atoms with E-state index in [-0.39, 0.29) is 24.9 Å². The molecule has 0 aromatic carbocycles. The fourth-order valence-corrected chi connectivity index (χ4v) is 2.38. The van der Waals surface area contributed by atoms with Crippen LogP contribution in [0.15, 0.2) is 0 Å². The van der Waals surface area contributed by atoms with E-state index in [1.54, 1.807) is 28.4 Å². The lowest BCUT2D eigenvalue weighted by Crippen LogP contribution is -2.61. The Labute approximate surface area is 120 Å². The summed E-state index contributed by atoms with van der Waals surface area (Å²) < 4.78 is 33.0. The van der Waals surface area contributed by atoms with Gasteiger partial charge in [-0.1, -0.05) is 0 Å². The predicted molar refractivity (Wildman–Crippen MR) is 70.6 cm³/mol. The van der Waals surface area contributed by atoms with Crippen LogP contribution in [-0.4, -0.2) is 84.1 Å². The molecule has 1 aliphatic heterocycles. The monoisotopic (exact) mass is 294 g/mol. The molecule has 20 heavy (non-hydrogen) atoms. The van der Waals surface area contributed by atoms with Gasteiger partial charge in [0.2, 0.25) is 0 Å². The van der Waals surface area contributed by atoms with Gasteiger partial charge >= 0.3 is 0 Å². The lowest BCUT2D eigenvalue weighted by atomic mass is 9.98. The first-order chi connectivity index (χ1) is 9.73. The number of hydrogen-bond acceptors (Lipinski definition) is 7. The van der Waals surface area contributed by atoms with Gasteiger partial charge in [0.15, 0.2) is 6.29 Å². The maximum absolute atomic E-state index is 8.82. The molecule has 0 bridgehead atoms. The molecule has 7 nitrogen and oxygen atoms in total. The number of rotatable bonds is 9. The van der Waals surface area contributed by atoms with Gasteiger partial charge in [0.25, 0.3) is 0 Å². The Morgan fingerprint density at radius 2 is 1.60 bits per heavy atom. The van der Waals surface area contributed by atoms with Crippen LogP contribution in [0.5, 0.6) is 0 Å². The van der Waals surface area contributed by atoms with E-state index in [4.69, 9.17) is 33.5 Å². The molecule has 0 unspecified atom stereocenters. The second-order valence-corrected chi connectivity index (χ2v) is 4.55. The topological polar surface area (TPSA) is 75.6 Å². The van der Waals surface area contributed by atoms with Gasteiger partial charge in [-0.15, -0.1) is 0 Å². The summed E-state index contributed by atoms with van der Waals surface area (Å²) in [6.45, 7) is 0.823. The first-order valence-electron chi connectivity index (χ1n) is 6.68. The van der Waals surface area contributed by atoms with Gasteiger partial charge in [0.05, 0.1) is 13.2 Å². The summed E-state index contributed by atoms with van der Waals surface area (Å²) in [4.78, 5) is 0. The Hall–Kier alpha value is -0.280. The summed E-state index contributed by atoms with van der Waals surface area (Å²) >= 11 is 0. The molecule has 0 spiro atoms. The average molecular weight is 294 g/mol. The number of ether oxygens (including phenoxy) is 6. The summed E-state index contributed by atoms with van der Waals surface area (Å²) in [6, 6.07) is 0. The van der Waals surface area contributed by atoms with E-state index in [2.05, 4.69) is 0 Å². The van der Waals surface area contributed by atoms with Gasteiger partial charge in [-0.2, -0.15) is 0 Å². The minimum atomic E-state index is -0.581. The molecule has 0 radical (unpaired) electrons. The molecule has 0 saturated carbocycles. The van der Waals surface area contributed by atoms with E-state index in [0.717, 1.165) is 0 Å². The summed E-state index contributed by atoms with van der Waals surface area (Å²) in [5.41, 5.74) is 0. The Morgan fingerprint density at radius 1 is 0.950 bits per heavy atom. The van der Waals surface area contributed by atoms with Crippen molar-refractivity contribution in [3.8, 4) is 0 Å². The minimum Gasteiger partial charge on any atom is -0.396 e. The zero-order valence-electron chi connectivity index (χ0n) is 12.6. The Morgan fingerprint density at radius 3 is 2.10 bits per heavy atom. The van der Waals surface area contributed by atoms with E-state index >= 15 is 0 Å². The summed E-state index contributed by atoms with van der Waals surface area (Å²) in [6.07, 6.45) is -1.38. The Bertz CT molecular complexity index is 251. The van der Waals surface area contributed by atoms with Gasteiger partial charge in [-0.3, -0.25) is 0 Å². The van der Waals surface area contributed by atoms with E-state index in [9.17, 15) is 0 Å². The van der Waals surface area contributed by atoms with E-state index < -0.39 is 12.4 Å². The van der Waals surface area contributed by atoms with Crippen molar-refractivity contribution in [1.82, 2.24) is 0 Å². The molecule has 1 aliphatic rings. The molecule has 0 aliphatic carbocycles. The largest absolute Gasteiger partial charge is 0.396 e. The fraction of sp³-hybridized carbons (Fsp3) is 1.00. The van der Waals surface area contributed by atoms with Crippen molar-refractivity contribution >= 4 is 0 Å². The van der Waals surface area contributed by atoms with Gasteiger partial charge in [-0.25, -0.2) is 0 Å². The normalized spacial score (nSPS) is 34.4. The highest BCUT2D eigenvalue weighted by atomic mass is 16.7. The highest BCUT2D eigenvalue weighted by Crippen LogP contribution is 2.28. The smallest absolute Gasteiger partial charge is 0.186 e. The van der Waals surface area contributed by atoms with Crippen molar-refractivity contribution in [1.29, 1.82) is 0 Å². The second kappa shape index (κ2) is 9.62. The van der Waals surface area contributed by atoms with Crippen LogP contribution in [0.3, 0.4) is 0 Å². The third kappa shape index (κ3) is 4.36. The lowest BCUT2D eigenvalue weighted by Gasteiger charge is -2.44. The molecule has 7 heteroatoms. The third-order valence-electron chi connectivity index (χ3n) is 3.32. The lowest BCUT2D eigenvalue weighted by molar-refractivity contribution is -0.313. The van der Waals surface area contributed by atoms with Crippen molar-refractivity contribution < 1.29 is 33.5 Å². The molecular weight excluding hydrogens is 268 g/mol. The molecule has 1 N–H and O–H groups in total. The van der Waals surface area contributed by atoms with E-state index in [0.29, 0.717) is 19.6 Å². The molecule has 0 aromatic rings. The highest BCUT2D eigenvalue weighted by Gasteiger charge is 2.47. The summed E-state index contributed by atoms with van der Waals surface area (Å²) in [5.74, 6) is 0. The van der Waals surface area contributed by atoms with Crippen LogP contribution in [0.4, 0.5) is 0 Å². The van der Waals surface area contributed by atoms with Crippen LogP contribution in [0.25, 0.3) is 0 Å². The third-order valence-corrected chi connectivity index (χ3v) is 3.32. The second-order valence-electron chi connectivity index (χ2n) is 4.55. The molecular formula is C13H26O7. The number of aliphatic hydroxyl groups is 1. The zero-order chi connectivity index (χ0) is 15.0. The van der Waals surface area contributed by atoms with Gasteiger partial charge in [0, 0.05) is 35.0 Å². The standard InChI is InChI=1S/C13H26O7/c1-15-8-9-10(16-2)11(17-3)12(18-4)13(20-9)19-7-5-6-14/h9-14H,5-8H2,1-4H3/t9-,10-,11+,12+,13+/m1/s1. The van der Waals surface area contributed by atoms with E-state index in [1.165, 1.54) is 0 Å². The molecule has 1 saturated heterocycles. The number of methoxy groups -OCH3 is 4. The van der Waals surface area contributed by atoms with Crippen molar-refractivity contribution in [2.45, 2.75) is 37.1 Å². The van der Waals surface area contributed by atoms with Crippen LogP contribution in [0.2, 0.25) is 0 Å². The molecule has 120 valence electrons. The quantitative estimate of drug-likeness (QED) is 0.590. The molecule has 5 atom stereocenters. The fourth-order valence-electron chi connectivity index (χ4n) is 2.38. The first kappa shape index (κ1) is 17.8. The maximum atomic E-state index is 8.82. The molecule has 1 fully saturated rings. The zero-order valence-corrected chi connectivity index (χ0v) is 12.6. The predicted octanol–water partition coefficient (Wildman–Crippen LogP) is -0.198. The minimum absolute atomic E-state index is 0.0697. The van der Waals surface area contributed by atoms with Crippen molar-refractivity contribution in [2.75, 3.05) is 48.3 Å². The molecule has 1 rings (SSSR count). The molecule has 1 heterocycles. The summed E-state index contributed by atoms with van der Waals surface area (Å²) in [5, 5.41) is 8.82. The summed E-state index contributed by atoms with van der Waals surface area (Å²) in [7, 11) is 6.37. The van der Waals surface area contributed by atoms with Crippen LogP contribution in [-0.2, 0) is 28.4 Å². The SMILES string of the molecule is COC[C@H]1O[C@H](OCCCO)[C@@H](OC)[C@@H](OC)[C@@H]1OC. The van der Waals surface area contributed by atoms with Crippen molar-refractivity contribution in [3.05, 3.63) is 0 Å². The van der Waals surface area contributed by atoms with Crippen LogP contribution < -0.4 is 0 Å². The van der Waals surface area contributed by atoms with Crippen LogP contribution >= 0.6 is 0 Å². The number of aliphatic hydroxyl groups excluding tert-OH is 1. The average Bonchev–Trinajstić information content (AvgIpc) is 2.47. The molecule has 0 aromatic heterocycles. The van der Waals surface area contributed by atoms with Crippen molar-refractivity contribution in [3.63, 3.8) is 0 Å². The van der Waals surface area contributed by atoms with Crippen LogP contribution in [0.1, 0.15) is 6.42 Å². The maximum Gasteiger partial charge on any atom is 0.186 e. The van der Waals surface area contributed by atoms with Crippen molar-refractivity contribution in [2.24, 2.45) is 0 Å². The Balaban J connectivity index is 2.77. The molecule has 0 amide bonds. The van der Waals surface area contributed by atoms with Gasteiger partial charge in [0.1, 0.15) is 24.4 Å².